The molecule has 4 heteroatoms. The van der Waals surface area contributed by atoms with E-state index in [0.29, 0.717) is 0 Å². The molecule has 122 valence electrons. The van der Waals surface area contributed by atoms with Crippen molar-refractivity contribution in [1.82, 2.24) is 0 Å². The van der Waals surface area contributed by atoms with Gasteiger partial charge in [-0.15, -0.1) is 0 Å². The largest absolute Gasteiger partial charge is 0.493 e. The lowest BCUT2D eigenvalue weighted by Gasteiger charge is -2.16. The maximum absolute atomic E-state index is 10.3. The predicted octanol–water partition coefficient (Wildman–Crippen LogP) is 4.23. The van der Waals surface area contributed by atoms with E-state index < -0.39 is 5.97 Å². The van der Waals surface area contributed by atoms with E-state index in [2.05, 4.69) is 0 Å². The quantitative estimate of drug-likeness (QED) is 0.604. The standard InChI is InChI=1S/C19H22O4/c1-22-17-13-12-15(8-4-2-3-5-11-19(20)21)14-18(17)23-16-9-6-7-10-16/h2-5,8,11-14,16H,6-7,9-10H2,1H3,(H,20,21)/b3-2+,8-4+,11-5+. The second-order valence-corrected chi connectivity index (χ2v) is 5.38. The molecule has 0 amide bonds. The van der Waals surface area contributed by atoms with Crippen molar-refractivity contribution in [2.45, 2.75) is 31.8 Å². The van der Waals surface area contributed by atoms with Crippen molar-refractivity contribution in [3.05, 3.63) is 54.1 Å². The Kier molecular flexibility index (Phi) is 6.48. The van der Waals surface area contributed by atoms with Gasteiger partial charge in [0.05, 0.1) is 13.2 Å². The summed E-state index contributed by atoms with van der Waals surface area (Å²) in [6.07, 6.45) is 14.7. The van der Waals surface area contributed by atoms with E-state index in [4.69, 9.17) is 14.6 Å². The Bertz CT molecular complexity index is 608. The number of carboxylic acid groups (broad SMARTS) is 1. The van der Waals surface area contributed by atoms with Crippen LogP contribution in [-0.2, 0) is 4.79 Å². The van der Waals surface area contributed by atoms with Gasteiger partial charge in [0.2, 0.25) is 0 Å². The lowest BCUT2D eigenvalue weighted by atomic mass is 10.2. The minimum absolute atomic E-state index is 0.282. The van der Waals surface area contributed by atoms with Crippen molar-refractivity contribution in [1.29, 1.82) is 0 Å². The van der Waals surface area contributed by atoms with E-state index in [9.17, 15) is 4.79 Å². The van der Waals surface area contributed by atoms with Crippen molar-refractivity contribution < 1.29 is 19.4 Å². The number of hydrogen-bond acceptors (Lipinski definition) is 3. The SMILES string of the molecule is COc1ccc(/C=C/C=C/C=C/C(=O)O)cc1OC1CCCC1. The van der Waals surface area contributed by atoms with E-state index in [-0.39, 0.29) is 6.10 Å². The summed E-state index contributed by atoms with van der Waals surface area (Å²) >= 11 is 0. The van der Waals surface area contributed by atoms with Gasteiger partial charge in [0.25, 0.3) is 0 Å². The first kappa shape index (κ1) is 16.9. The Hall–Kier alpha value is -2.49. The van der Waals surface area contributed by atoms with Gasteiger partial charge in [-0.25, -0.2) is 4.79 Å². The average molecular weight is 314 g/mol. The summed E-state index contributed by atoms with van der Waals surface area (Å²) in [6, 6.07) is 5.82. The summed E-state index contributed by atoms with van der Waals surface area (Å²) in [5.74, 6) is 0.563. The number of hydrogen-bond donors (Lipinski definition) is 1. The van der Waals surface area contributed by atoms with Crippen molar-refractivity contribution in [2.75, 3.05) is 7.11 Å². The zero-order chi connectivity index (χ0) is 16.5. The van der Waals surface area contributed by atoms with Gasteiger partial charge < -0.3 is 14.6 Å². The van der Waals surface area contributed by atoms with E-state index >= 15 is 0 Å². The minimum atomic E-state index is -0.956. The summed E-state index contributed by atoms with van der Waals surface area (Å²) in [5.41, 5.74) is 1.01. The highest BCUT2D eigenvalue weighted by molar-refractivity contribution is 5.80. The van der Waals surface area contributed by atoms with Crippen LogP contribution < -0.4 is 9.47 Å². The fourth-order valence-corrected chi connectivity index (χ4v) is 2.51. The smallest absolute Gasteiger partial charge is 0.328 e. The van der Waals surface area contributed by atoms with Crippen LogP contribution in [0.25, 0.3) is 6.08 Å². The maximum atomic E-state index is 10.3. The molecule has 0 aromatic heterocycles. The summed E-state index contributed by atoms with van der Waals surface area (Å²) in [7, 11) is 1.64. The number of benzene rings is 1. The molecule has 23 heavy (non-hydrogen) atoms. The summed E-state index contributed by atoms with van der Waals surface area (Å²) in [4.78, 5) is 10.3. The molecule has 1 fully saturated rings. The van der Waals surface area contributed by atoms with Gasteiger partial charge in [-0.1, -0.05) is 36.4 Å². The molecule has 0 spiro atoms. The Morgan fingerprint density at radius 3 is 2.57 bits per heavy atom. The molecular weight excluding hydrogens is 292 g/mol. The number of aliphatic carboxylic acids is 1. The van der Waals surface area contributed by atoms with Crippen molar-refractivity contribution >= 4 is 12.0 Å². The molecular formula is C19H22O4. The summed E-state index contributed by atoms with van der Waals surface area (Å²) in [6.45, 7) is 0. The molecule has 0 atom stereocenters. The zero-order valence-corrected chi connectivity index (χ0v) is 13.3. The van der Waals surface area contributed by atoms with Crippen LogP contribution in [0.3, 0.4) is 0 Å². The molecule has 0 radical (unpaired) electrons. The van der Waals surface area contributed by atoms with Gasteiger partial charge in [-0.2, -0.15) is 0 Å². The highest BCUT2D eigenvalue weighted by Crippen LogP contribution is 2.32. The van der Waals surface area contributed by atoms with Crippen LogP contribution in [0.1, 0.15) is 31.2 Å². The lowest BCUT2D eigenvalue weighted by Crippen LogP contribution is -2.11. The van der Waals surface area contributed by atoms with Crippen LogP contribution in [-0.4, -0.2) is 24.3 Å². The van der Waals surface area contributed by atoms with Crippen LogP contribution in [0, 0.1) is 0 Å². The van der Waals surface area contributed by atoms with Crippen LogP contribution in [0.4, 0.5) is 0 Å². The van der Waals surface area contributed by atoms with Gasteiger partial charge in [0.15, 0.2) is 11.5 Å². The molecule has 2 rings (SSSR count). The Morgan fingerprint density at radius 2 is 1.87 bits per heavy atom. The summed E-state index contributed by atoms with van der Waals surface area (Å²) < 4.78 is 11.4. The molecule has 1 aromatic carbocycles. The number of carbonyl (C=O) groups is 1. The minimum Gasteiger partial charge on any atom is -0.493 e. The van der Waals surface area contributed by atoms with Crippen molar-refractivity contribution in [3.63, 3.8) is 0 Å². The number of ether oxygens (including phenoxy) is 2. The maximum Gasteiger partial charge on any atom is 0.328 e. The summed E-state index contributed by atoms with van der Waals surface area (Å²) in [5, 5.41) is 8.48. The molecule has 0 heterocycles. The fraction of sp³-hybridized carbons (Fsp3) is 0.316. The van der Waals surface area contributed by atoms with E-state index in [1.54, 1.807) is 19.3 Å². The molecule has 1 saturated carbocycles. The number of methoxy groups -OCH3 is 1. The van der Waals surface area contributed by atoms with Crippen LogP contribution in [0.15, 0.2) is 48.6 Å². The lowest BCUT2D eigenvalue weighted by molar-refractivity contribution is -0.131. The van der Waals surface area contributed by atoms with Gasteiger partial charge in [-0.3, -0.25) is 0 Å². The fourth-order valence-electron chi connectivity index (χ4n) is 2.51. The number of rotatable bonds is 7. The molecule has 0 unspecified atom stereocenters. The molecule has 0 aliphatic heterocycles. The van der Waals surface area contributed by atoms with Crippen molar-refractivity contribution in [2.24, 2.45) is 0 Å². The van der Waals surface area contributed by atoms with Crippen LogP contribution >= 0.6 is 0 Å². The van der Waals surface area contributed by atoms with Gasteiger partial charge >= 0.3 is 5.97 Å². The van der Waals surface area contributed by atoms with E-state index in [1.165, 1.54) is 18.9 Å². The van der Waals surface area contributed by atoms with Crippen molar-refractivity contribution in [3.8, 4) is 11.5 Å². The third kappa shape index (κ3) is 5.66. The van der Waals surface area contributed by atoms with E-state index in [1.807, 2.05) is 30.4 Å². The third-order valence-corrected chi connectivity index (χ3v) is 3.64. The molecule has 0 saturated heterocycles. The van der Waals surface area contributed by atoms with Gasteiger partial charge in [-0.05, 0) is 43.4 Å². The Balaban J connectivity index is 2.02. The van der Waals surface area contributed by atoms with Crippen LogP contribution in [0.2, 0.25) is 0 Å². The number of carboxylic acids is 1. The second-order valence-electron chi connectivity index (χ2n) is 5.38. The van der Waals surface area contributed by atoms with Gasteiger partial charge in [0, 0.05) is 6.08 Å². The molecule has 1 aromatic rings. The molecule has 1 aliphatic rings. The predicted molar refractivity (Wildman–Crippen MR) is 90.8 cm³/mol. The molecule has 4 nitrogen and oxygen atoms in total. The first-order chi connectivity index (χ1) is 11.2. The molecule has 1 aliphatic carbocycles. The molecule has 0 bridgehead atoms. The number of allylic oxidation sites excluding steroid dienone is 4. The first-order valence-electron chi connectivity index (χ1n) is 7.78. The normalized spacial score (nSPS) is 15.9. The third-order valence-electron chi connectivity index (χ3n) is 3.64. The first-order valence-corrected chi connectivity index (χ1v) is 7.78. The topological polar surface area (TPSA) is 55.8 Å². The van der Waals surface area contributed by atoms with Gasteiger partial charge in [0.1, 0.15) is 0 Å². The van der Waals surface area contributed by atoms with E-state index in [0.717, 1.165) is 36.0 Å². The highest BCUT2D eigenvalue weighted by Gasteiger charge is 2.18. The second kappa shape index (κ2) is 8.83. The molecule has 1 N–H and O–H groups in total. The zero-order valence-electron chi connectivity index (χ0n) is 13.3. The Morgan fingerprint density at radius 1 is 1.13 bits per heavy atom. The average Bonchev–Trinajstić information content (AvgIpc) is 3.04. The Labute approximate surface area is 136 Å². The monoisotopic (exact) mass is 314 g/mol. The van der Waals surface area contributed by atoms with Crippen LogP contribution in [0.5, 0.6) is 11.5 Å². The highest BCUT2D eigenvalue weighted by atomic mass is 16.5.